The molecule has 3 nitrogen and oxygen atoms in total. The molecular formula is C27H35NO2. The monoisotopic (exact) mass is 405 g/mol. The van der Waals surface area contributed by atoms with Crippen LogP contribution in [0, 0.1) is 5.92 Å². The summed E-state index contributed by atoms with van der Waals surface area (Å²) in [4.78, 5) is 0. The first-order valence-electron chi connectivity index (χ1n) is 10.9. The van der Waals surface area contributed by atoms with Gasteiger partial charge in [-0.25, -0.2) is 0 Å². The molecule has 0 aromatic heterocycles. The second kappa shape index (κ2) is 10.2. The van der Waals surface area contributed by atoms with Gasteiger partial charge in [-0.3, -0.25) is 0 Å². The van der Waals surface area contributed by atoms with E-state index < -0.39 is 6.10 Å². The molecule has 0 radical (unpaired) electrons. The van der Waals surface area contributed by atoms with E-state index in [0.717, 1.165) is 12.0 Å². The summed E-state index contributed by atoms with van der Waals surface area (Å²) in [6.07, 6.45) is 0.335. The van der Waals surface area contributed by atoms with E-state index in [2.05, 4.69) is 87.6 Å². The van der Waals surface area contributed by atoms with E-state index in [4.69, 9.17) is 4.74 Å². The number of hydrogen-bond acceptors (Lipinski definition) is 3. The molecule has 160 valence electrons. The van der Waals surface area contributed by atoms with Gasteiger partial charge in [0.15, 0.2) is 0 Å². The summed E-state index contributed by atoms with van der Waals surface area (Å²) in [6.45, 7) is 9.47. The van der Waals surface area contributed by atoms with Crippen molar-refractivity contribution in [3.05, 3.63) is 83.9 Å². The van der Waals surface area contributed by atoms with Crippen molar-refractivity contribution in [1.82, 2.24) is 5.32 Å². The molecule has 0 bridgehead atoms. The molecule has 2 N–H and O–H groups in total. The molecule has 3 rings (SSSR count). The summed E-state index contributed by atoms with van der Waals surface area (Å²) in [7, 11) is 0. The van der Waals surface area contributed by atoms with Gasteiger partial charge in [0.25, 0.3) is 0 Å². The van der Waals surface area contributed by atoms with Gasteiger partial charge in [-0.1, -0.05) is 86.6 Å². The van der Waals surface area contributed by atoms with Crippen LogP contribution in [0.5, 0.6) is 0 Å². The molecule has 0 fully saturated rings. The summed E-state index contributed by atoms with van der Waals surface area (Å²) < 4.78 is 6.09. The molecule has 0 aliphatic carbocycles. The van der Waals surface area contributed by atoms with Crippen LogP contribution in [0.2, 0.25) is 0 Å². The molecule has 0 saturated heterocycles. The van der Waals surface area contributed by atoms with E-state index in [0.29, 0.717) is 19.1 Å². The largest absolute Gasteiger partial charge is 0.389 e. The van der Waals surface area contributed by atoms with E-state index >= 15 is 0 Å². The molecule has 0 amide bonds. The minimum absolute atomic E-state index is 0.00791. The van der Waals surface area contributed by atoms with Gasteiger partial charge in [0.1, 0.15) is 0 Å². The van der Waals surface area contributed by atoms with E-state index in [1.165, 1.54) is 16.3 Å². The van der Waals surface area contributed by atoms with Crippen molar-refractivity contribution in [2.75, 3.05) is 13.2 Å². The van der Waals surface area contributed by atoms with Crippen molar-refractivity contribution < 1.29 is 9.84 Å². The van der Waals surface area contributed by atoms with Gasteiger partial charge < -0.3 is 15.2 Å². The third-order valence-electron chi connectivity index (χ3n) is 5.48. The molecule has 3 aromatic rings. The maximum atomic E-state index is 10.5. The number of hydrogen-bond donors (Lipinski definition) is 2. The quantitative estimate of drug-likeness (QED) is 0.466. The first-order valence-corrected chi connectivity index (χ1v) is 10.9. The topological polar surface area (TPSA) is 41.5 Å². The van der Waals surface area contributed by atoms with Crippen LogP contribution in [0.1, 0.15) is 44.9 Å². The van der Waals surface area contributed by atoms with Crippen LogP contribution < -0.4 is 5.32 Å². The normalized spacial score (nSPS) is 14.2. The van der Waals surface area contributed by atoms with Crippen LogP contribution in [0.25, 0.3) is 10.8 Å². The van der Waals surface area contributed by atoms with Gasteiger partial charge in [-0.05, 0) is 48.1 Å². The number of benzene rings is 3. The Labute approximate surface area is 181 Å². The number of ether oxygens (including phenoxy) is 1. The predicted octanol–water partition coefficient (Wildman–Crippen LogP) is 5.53. The van der Waals surface area contributed by atoms with Crippen LogP contribution >= 0.6 is 0 Å². The molecule has 3 heteroatoms. The predicted molar refractivity (Wildman–Crippen MR) is 126 cm³/mol. The summed E-state index contributed by atoms with van der Waals surface area (Å²) in [5.41, 5.74) is 2.32. The number of aliphatic hydroxyl groups is 1. The van der Waals surface area contributed by atoms with Crippen LogP contribution in [0.4, 0.5) is 0 Å². The molecule has 0 spiro atoms. The highest BCUT2D eigenvalue weighted by Crippen LogP contribution is 2.25. The molecule has 30 heavy (non-hydrogen) atoms. The smallest absolute Gasteiger partial charge is 0.0898 e. The zero-order valence-corrected chi connectivity index (χ0v) is 18.6. The summed E-state index contributed by atoms with van der Waals surface area (Å²) in [5, 5.41) is 16.6. The van der Waals surface area contributed by atoms with Gasteiger partial charge in [0.05, 0.1) is 18.8 Å². The number of β-amino-alcohol motifs (C(OH)–C–C–N with tert-alkyl or cyclic N) is 1. The van der Waals surface area contributed by atoms with Gasteiger partial charge in [-0.2, -0.15) is 0 Å². The average molecular weight is 406 g/mol. The number of aliphatic hydroxyl groups excluding tert-OH is 1. The Kier molecular flexibility index (Phi) is 7.65. The van der Waals surface area contributed by atoms with Crippen molar-refractivity contribution in [3.8, 4) is 0 Å². The fraction of sp³-hybridized carbons (Fsp3) is 0.407. The molecular weight excluding hydrogens is 370 g/mol. The zero-order chi connectivity index (χ0) is 21.6. The number of nitrogens with one attached hydrogen (secondary N) is 1. The highest BCUT2D eigenvalue weighted by Gasteiger charge is 2.21. The lowest BCUT2D eigenvalue weighted by atomic mass is 9.93. The molecule has 0 heterocycles. The Morgan fingerprint density at radius 1 is 0.900 bits per heavy atom. The summed E-state index contributed by atoms with van der Waals surface area (Å²) in [6, 6.07) is 25.3. The van der Waals surface area contributed by atoms with E-state index in [-0.39, 0.29) is 11.6 Å². The van der Waals surface area contributed by atoms with E-state index in [1.54, 1.807) is 0 Å². The molecule has 1 unspecified atom stereocenters. The number of rotatable bonds is 10. The third kappa shape index (κ3) is 6.40. The average Bonchev–Trinajstić information content (AvgIpc) is 2.73. The Morgan fingerprint density at radius 2 is 1.57 bits per heavy atom. The first-order chi connectivity index (χ1) is 14.3. The summed E-state index contributed by atoms with van der Waals surface area (Å²) in [5.74, 6) is 0.344. The van der Waals surface area contributed by atoms with E-state index in [9.17, 15) is 5.11 Å². The minimum atomic E-state index is -0.550. The lowest BCUT2D eigenvalue weighted by molar-refractivity contribution is -0.0309. The maximum Gasteiger partial charge on any atom is 0.0898 e. The second-order valence-corrected chi connectivity index (χ2v) is 9.19. The third-order valence-corrected chi connectivity index (χ3v) is 5.48. The molecule has 0 saturated carbocycles. The van der Waals surface area contributed by atoms with Gasteiger partial charge in [-0.15, -0.1) is 0 Å². The molecule has 2 atom stereocenters. The fourth-order valence-electron chi connectivity index (χ4n) is 3.91. The Balaban J connectivity index is 1.51. The second-order valence-electron chi connectivity index (χ2n) is 9.19. The molecule has 3 aromatic carbocycles. The molecule has 0 aliphatic heterocycles. The van der Waals surface area contributed by atoms with Crippen LogP contribution in [0.15, 0.2) is 72.8 Å². The highest BCUT2D eigenvalue weighted by molar-refractivity contribution is 5.83. The minimum Gasteiger partial charge on any atom is -0.389 e. The van der Waals surface area contributed by atoms with E-state index in [1.807, 2.05) is 18.2 Å². The lowest BCUT2D eigenvalue weighted by Crippen LogP contribution is -2.46. The van der Waals surface area contributed by atoms with Crippen molar-refractivity contribution in [2.24, 2.45) is 5.92 Å². The molecule has 0 aliphatic rings. The SMILES string of the molecule is CC(C)C(OC[C@H](O)CNC(C)(C)Cc1ccc2ccccc2c1)c1ccccc1. The van der Waals surface area contributed by atoms with Gasteiger partial charge in [0, 0.05) is 12.1 Å². The van der Waals surface area contributed by atoms with Crippen LogP contribution in [-0.2, 0) is 11.2 Å². The lowest BCUT2D eigenvalue weighted by Gasteiger charge is -2.29. The zero-order valence-electron chi connectivity index (χ0n) is 18.6. The maximum absolute atomic E-state index is 10.5. The Bertz CT molecular complexity index is 920. The summed E-state index contributed by atoms with van der Waals surface area (Å²) >= 11 is 0. The van der Waals surface area contributed by atoms with Gasteiger partial charge >= 0.3 is 0 Å². The van der Waals surface area contributed by atoms with Crippen molar-refractivity contribution in [3.63, 3.8) is 0 Å². The Morgan fingerprint density at radius 3 is 2.27 bits per heavy atom. The van der Waals surface area contributed by atoms with Gasteiger partial charge in [0.2, 0.25) is 0 Å². The van der Waals surface area contributed by atoms with Crippen molar-refractivity contribution in [2.45, 2.75) is 51.9 Å². The van der Waals surface area contributed by atoms with Crippen molar-refractivity contribution in [1.29, 1.82) is 0 Å². The fourth-order valence-corrected chi connectivity index (χ4v) is 3.91. The van der Waals surface area contributed by atoms with Crippen LogP contribution in [0.3, 0.4) is 0 Å². The highest BCUT2D eigenvalue weighted by atomic mass is 16.5. The first kappa shape index (κ1) is 22.5. The van der Waals surface area contributed by atoms with Crippen molar-refractivity contribution >= 4 is 10.8 Å². The Hall–Kier alpha value is -2.20. The standard InChI is InChI=1S/C27H35NO2/c1-20(2)26(23-11-6-5-7-12-23)30-19-25(29)18-28-27(3,4)17-21-14-15-22-10-8-9-13-24(22)16-21/h5-16,20,25-26,28-29H,17-19H2,1-4H3/t25-,26?/m1/s1. The van der Waals surface area contributed by atoms with Crippen LogP contribution in [-0.4, -0.2) is 29.9 Å². The number of fused-ring (bicyclic) bond motifs is 1.